The Morgan fingerprint density at radius 1 is 0.870 bits per heavy atom. The monoisotopic (exact) mass is 422 g/mol. The molecule has 0 bridgehead atoms. The molecule has 0 atom stereocenters. The third-order valence-electron chi connectivity index (χ3n) is 5.48. The molecule has 0 saturated heterocycles. The lowest BCUT2D eigenvalue weighted by atomic mass is 10.1. The molecule has 0 aromatic heterocycles. The highest BCUT2D eigenvalue weighted by molar-refractivity contribution is 9.11. The molecule has 5 heteroatoms. The molecule has 0 radical (unpaired) electrons. The van der Waals surface area contributed by atoms with Crippen LogP contribution in [0.15, 0.2) is 11.1 Å². The van der Waals surface area contributed by atoms with Crippen LogP contribution in [0.3, 0.4) is 0 Å². The summed E-state index contributed by atoms with van der Waals surface area (Å²) in [5.41, 5.74) is 0. The molecule has 2 nitrogen and oxygen atoms in total. The van der Waals surface area contributed by atoms with Gasteiger partial charge < -0.3 is 8.85 Å². The lowest BCUT2D eigenvalue weighted by Gasteiger charge is -2.39. The first-order chi connectivity index (χ1) is 9.99. The van der Waals surface area contributed by atoms with Crippen LogP contribution in [0.1, 0.15) is 48.0 Å². The molecule has 0 heterocycles. The van der Waals surface area contributed by atoms with Crippen LogP contribution in [0.5, 0.6) is 0 Å². The second kappa shape index (κ2) is 8.30. The van der Waals surface area contributed by atoms with E-state index in [1.54, 1.807) is 0 Å². The molecule has 0 rings (SSSR count). The highest BCUT2D eigenvalue weighted by atomic mass is 79.9. The van der Waals surface area contributed by atoms with Crippen molar-refractivity contribution < 1.29 is 8.85 Å². The van der Waals surface area contributed by atoms with Crippen molar-refractivity contribution in [2.75, 3.05) is 13.2 Å². The Balaban J connectivity index is 4.82. The van der Waals surface area contributed by atoms with Crippen molar-refractivity contribution in [1.29, 1.82) is 0 Å². The third kappa shape index (κ3) is 7.99. The minimum atomic E-state index is -1.72. The zero-order chi connectivity index (χ0) is 18.7. The molecule has 0 fully saturated rings. The highest BCUT2D eigenvalue weighted by Crippen LogP contribution is 2.38. The topological polar surface area (TPSA) is 18.5 Å². The van der Waals surface area contributed by atoms with Gasteiger partial charge in [0.05, 0.1) is 0 Å². The summed E-state index contributed by atoms with van der Waals surface area (Å²) in [4.78, 5) is 0. The van der Waals surface area contributed by atoms with Crippen LogP contribution in [-0.2, 0) is 8.85 Å². The first-order valence-corrected chi connectivity index (χ1v) is 15.2. The van der Waals surface area contributed by atoms with E-state index in [0.29, 0.717) is 5.92 Å². The van der Waals surface area contributed by atoms with E-state index in [2.05, 4.69) is 90.2 Å². The van der Waals surface area contributed by atoms with Gasteiger partial charge in [0.1, 0.15) is 0 Å². The Morgan fingerprint density at radius 3 is 1.39 bits per heavy atom. The second-order valence-corrected chi connectivity index (χ2v) is 20.5. The van der Waals surface area contributed by atoms with Gasteiger partial charge in [-0.3, -0.25) is 0 Å². The number of rotatable bonds is 8. The van der Waals surface area contributed by atoms with E-state index in [9.17, 15) is 0 Å². The first-order valence-electron chi connectivity index (χ1n) is 8.61. The smallest absolute Gasteiger partial charge is 0.191 e. The predicted octanol–water partition coefficient (Wildman–Crippen LogP) is 6.94. The van der Waals surface area contributed by atoms with Crippen LogP contribution in [0, 0.1) is 5.92 Å². The molecule has 0 aliphatic carbocycles. The highest BCUT2D eigenvalue weighted by Gasteiger charge is 2.39. The first kappa shape index (κ1) is 23.6. The molecule has 0 aliphatic rings. The van der Waals surface area contributed by atoms with Gasteiger partial charge in [-0.15, -0.1) is 0 Å². The van der Waals surface area contributed by atoms with Crippen LogP contribution < -0.4 is 0 Å². The maximum atomic E-state index is 6.42. The van der Waals surface area contributed by atoms with Crippen LogP contribution >= 0.6 is 15.9 Å². The largest absolute Gasteiger partial charge is 0.416 e. The summed E-state index contributed by atoms with van der Waals surface area (Å²) >= 11 is 3.51. The zero-order valence-electron chi connectivity index (χ0n) is 17.1. The summed E-state index contributed by atoms with van der Waals surface area (Å²) in [7, 11) is -3.44. The summed E-state index contributed by atoms with van der Waals surface area (Å²) < 4.78 is 13.9. The molecule has 0 aromatic carbocycles. The Bertz CT molecular complexity index is 363. The SMILES string of the molecule is C=C(Br)CC(CO[Si](C)(C)C(C)(C)C)CO[Si](C)(C)C(C)(C)C. The third-order valence-corrected chi connectivity index (χ3v) is 14.8. The fourth-order valence-electron chi connectivity index (χ4n) is 1.56. The fraction of sp³-hybridized carbons (Fsp3) is 0.889. The summed E-state index contributed by atoms with van der Waals surface area (Å²) in [6.07, 6.45) is 0.906. The summed E-state index contributed by atoms with van der Waals surface area (Å²) in [5, 5.41) is 0.479. The van der Waals surface area contributed by atoms with E-state index in [-0.39, 0.29) is 10.1 Å². The molecule has 0 unspecified atom stereocenters. The van der Waals surface area contributed by atoms with Crippen molar-refractivity contribution in [2.45, 2.75) is 84.2 Å². The van der Waals surface area contributed by atoms with Crippen molar-refractivity contribution in [3.05, 3.63) is 11.1 Å². The Morgan fingerprint density at radius 2 is 1.17 bits per heavy atom. The standard InChI is InChI=1S/C18H39BrO2Si2/c1-15(19)12-16(13-20-22(8,9)17(2,3)4)14-21-23(10,11)18(5,6)7/h16H,1,12-14H2,2-11H3. The predicted molar refractivity (Wildman–Crippen MR) is 112 cm³/mol. The van der Waals surface area contributed by atoms with Crippen molar-refractivity contribution >= 4 is 32.6 Å². The Labute approximate surface area is 155 Å². The molecule has 0 aromatic rings. The average molecular weight is 424 g/mol. The van der Waals surface area contributed by atoms with Crippen molar-refractivity contribution in [3.8, 4) is 0 Å². The van der Waals surface area contributed by atoms with E-state index in [1.807, 2.05) is 0 Å². The normalized spacial score (nSPS) is 14.4. The van der Waals surface area contributed by atoms with E-state index in [0.717, 1.165) is 24.1 Å². The van der Waals surface area contributed by atoms with Gasteiger partial charge in [-0.05, 0) is 47.2 Å². The van der Waals surface area contributed by atoms with Crippen molar-refractivity contribution in [2.24, 2.45) is 5.92 Å². The van der Waals surface area contributed by atoms with E-state index in [1.165, 1.54) is 0 Å². The molecule has 0 N–H and O–H groups in total. The fourth-order valence-corrected chi connectivity index (χ4v) is 4.19. The Kier molecular flexibility index (Phi) is 8.51. The number of hydrogen-bond acceptors (Lipinski definition) is 2. The molecule has 0 spiro atoms. The maximum Gasteiger partial charge on any atom is 0.191 e. The summed E-state index contributed by atoms with van der Waals surface area (Å²) in [6, 6.07) is 0. The van der Waals surface area contributed by atoms with Gasteiger partial charge in [-0.2, -0.15) is 0 Å². The minimum absolute atomic E-state index is 0.239. The van der Waals surface area contributed by atoms with Crippen molar-refractivity contribution in [3.63, 3.8) is 0 Å². The molecule has 0 aliphatic heterocycles. The van der Waals surface area contributed by atoms with Gasteiger partial charge >= 0.3 is 0 Å². The summed E-state index contributed by atoms with van der Waals surface area (Å²) in [6.45, 7) is 28.4. The Hall–Kier alpha value is 0.574. The zero-order valence-corrected chi connectivity index (χ0v) is 20.7. The van der Waals surface area contributed by atoms with E-state index < -0.39 is 16.6 Å². The van der Waals surface area contributed by atoms with Gasteiger partial charge in [-0.25, -0.2) is 0 Å². The number of hydrogen-bond donors (Lipinski definition) is 0. The molecular formula is C18H39BrO2Si2. The van der Waals surface area contributed by atoms with Gasteiger partial charge in [0.25, 0.3) is 0 Å². The van der Waals surface area contributed by atoms with Gasteiger partial charge in [0.15, 0.2) is 16.6 Å². The van der Waals surface area contributed by atoms with Crippen molar-refractivity contribution in [1.82, 2.24) is 0 Å². The lowest BCUT2D eigenvalue weighted by Crippen LogP contribution is -2.44. The molecule has 138 valence electrons. The number of halogens is 1. The summed E-state index contributed by atoms with van der Waals surface area (Å²) in [5.74, 6) is 0.366. The van der Waals surface area contributed by atoms with Crippen LogP contribution in [0.2, 0.25) is 36.3 Å². The maximum absolute atomic E-state index is 6.42. The quantitative estimate of drug-likeness (QED) is 0.394. The average Bonchev–Trinajstić information content (AvgIpc) is 2.29. The van der Waals surface area contributed by atoms with Crippen LogP contribution in [0.4, 0.5) is 0 Å². The van der Waals surface area contributed by atoms with Crippen LogP contribution in [-0.4, -0.2) is 29.8 Å². The van der Waals surface area contributed by atoms with Crippen LogP contribution in [0.25, 0.3) is 0 Å². The minimum Gasteiger partial charge on any atom is -0.416 e. The van der Waals surface area contributed by atoms with E-state index >= 15 is 0 Å². The molecule has 0 amide bonds. The van der Waals surface area contributed by atoms with Gasteiger partial charge in [-0.1, -0.05) is 64.1 Å². The lowest BCUT2D eigenvalue weighted by molar-refractivity contribution is 0.158. The molecule has 23 heavy (non-hydrogen) atoms. The second-order valence-electron chi connectivity index (χ2n) is 9.73. The van der Waals surface area contributed by atoms with E-state index in [4.69, 9.17) is 8.85 Å². The van der Waals surface area contributed by atoms with Gasteiger partial charge in [0, 0.05) is 19.1 Å². The molecule has 0 saturated carbocycles. The number of allylic oxidation sites excluding steroid dienone is 1. The molecular weight excluding hydrogens is 384 g/mol. The van der Waals surface area contributed by atoms with Gasteiger partial charge in [0.2, 0.25) is 0 Å².